The molecule has 0 aromatic heterocycles. The van der Waals surface area contributed by atoms with Gasteiger partial charge in [-0.15, -0.1) is 0 Å². The van der Waals surface area contributed by atoms with Crippen molar-refractivity contribution in [2.45, 2.75) is 0 Å². The van der Waals surface area contributed by atoms with Crippen molar-refractivity contribution in [1.82, 2.24) is 0 Å². The highest BCUT2D eigenvalue weighted by molar-refractivity contribution is 6.35. The molecule has 0 saturated carbocycles. The van der Waals surface area contributed by atoms with Crippen LogP contribution in [0.5, 0.6) is 0 Å². The molecular formula is C6H10BNO2. The van der Waals surface area contributed by atoms with Crippen LogP contribution in [-0.4, -0.2) is 18.8 Å². The first-order valence-corrected chi connectivity index (χ1v) is 2.40. The van der Waals surface area contributed by atoms with Crippen LogP contribution in [0.4, 0.5) is 5.69 Å². The second-order valence-corrected chi connectivity index (χ2v) is 1.63. The molecule has 10 heavy (non-hydrogen) atoms. The Morgan fingerprint density at radius 2 is 1.60 bits per heavy atom. The van der Waals surface area contributed by atoms with Gasteiger partial charge in [-0.2, -0.15) is 0 Å². The molecule has 0 atom stereocenters. The summed E-state index contributed by atoms with van der Waals surface area (Å²) in [5.74, 6) is 0. The fraction of sp³-hybridized carbons (Fsp3) is 0. The van der Waals surface area contributed by atoms with Crippen LogP contribution < -0.4 is 11.2 Å². The quantitative estimate of drug-likeness (QED) is 0.340. The summed E-state index contributed by atoms with van der Waals surface area (Å²) in [5.41, 5.74) is 6.69. The molecule has 6 N–H and O–H groups in total. The fourth-order valence-corrected chi connectivity index (χ4v) is 0.511. The Labute approximate surface area is 60.9 Å². The van der Waals surface area contributed by atoms with Crippen molar-refractivity contribution in [3.8, 4) is 0 Å². The van der Waals surface area contributed by atoms with Crippen LogP contribution >= 0.6 is 0 Å². The minimum Gasteiger partial charge on any atom is -0.412 e. The Balaban J connectivity index is 0. The van der Waals surface area contributed by atoms with E-state index in [-0.39, 0.29) is 11.0 Å². The lowest BCUT2D eigenvalue weighted by atomic mass is 9.95. The van der Waals surface area contributed by atoms with Gasteiger partial charge in [0.05, 0.1) is 0 Å². The largest absolute Gasteiger partial charge is 0.412 e. The van der Waals surface area contributed by atoms with E-state index in [0.29, 0.717) is 11.2 Å². The van der Waals surface area contributed by atoms with E-state index in [0.717, 1.165) is 0 Å². The first kappa shape index (κ1) is 11.8. The van der Waals surface area contributed by atoms with Crippen LogP contribution in [0.25, 0.3) is 0 Å². The summed E-state index contributed by atoms with van der Waals surface area (Å²) in [6, 6.07) is 7.25. The Morgan fingerprint density at radius 3 is 1.90 bits per heavy atom. The molecule has 0 heterocycles. The van der Waals surface area contributed by atoms with E-state index >= 15 is 0 Å². The SMILES string of the molecule is O.O.[B]c1ccccc1N. The Kier molecular flexibility index (Phi) is 5.70. The van der Waals surface area contributed by atoms with Crippen molar-refractivity contribution in [2.75, 3.05) is 5.73 Å². The van der Waals surface area contributed by atoms with Crippen LogP contribution in [0.15, 0.2) is 24.3 Å². The van der Waals surface area contributed by atoms with Crippen LogP contribution in [0.3, 0.4) is 0 Å². The molecule has 0 saturated heterocycles. The lowest BCUT2D eigenvalue weighted by molar-refractivity contribution is 0.823. The molecule has 1 aromatic carbocycles. The zero-order chi connectivity index (χ0) is 5.98. The van der Waals surface area contributed by atoms with Crippen LogP contribution in [0, 0.1) is 0 Å². The third-order valence-electron chi connectivity index (χ3n) is 0.996. The normalized spacial score (nSPS) is 7.20. The Bertz CT molecular complexity index is 172. The topological polar surface area (TPSA) is 89.0 Å². The minimum atomic E-state index is 0. The van der Waals surface area contributed by atoms with Gasteiger partial charge in [0.25, 0.3) is 0 Å². The molecule has 3 nitrogen and oxygen atoms in total. The number of nitrogens with two attached hydrogens (primary N) is 1. The Morgan fingerprint density at radius 1 is 1.10 bits per heavy atom. The molecule has 0 aliphatic rings. The number of rotatable bonds is 0. The highest BCUT2D eigenvalue weighted by atomic mass is 16.0. The van der Waals surface area contributed by atoms with Crippen LogP contribution in [0.2, 0.25) is 0 Å². The molecule has 0 unspecified atom stereocenters. The number of nitrogen functional groups attached to an aromatic ring is 1. The van der Waals surface area contributed by atoms with E-state index in [9.17, 15) is 0 Å². The maximum Gasteiger partial charge on any atom is 0.116 e. The number of anilines is 1. The van der Waals surface area contributed by atoms with Gasteiger partial charge in [-0.1, -0.05) is 23.7 Å². The average Bonchev–Trinajstić information content (AvgIpc) is 1.77. The molecule has 1 aromatic rings. The zero-order valence-corrected chi connectivity index (χ0v) is 5.46. The Hall–Kier alpha value is -0.995. The molecule has 54 valence electrons. The third-order valence-corrected chi connectivity index (χ3v) is 0.996. The standard InChI is InChI=1S/C6H6BN.2H2O/c7-5-3-1-2-4-6(5)8;;/h1-4H,8H2;2*1H2. The highest BCUT2D eigenvalue weighted by Gasteiger charge is 1.84. The van der Waals surface area contributed by atoms with Gasteiger partial charge in [0.1, 0.15) is 7.85 Å². The van der Waals surface area contributed by atoms with E-state index in [1.54, 1.807) is 12.1 Å². The summed E-state index contributed by atoms with van der Waals surface area (Å²) in [5, 5.41) is 0. The summed E-state index contributed by atoms with van der Waals surface area (Å²) in [7, 11) is 5.39. The van der Waals surface area contributed by atoms with Crippen LogP contribution in [-0.2, 0) is 0 Å². The second-order valence-electron chi connectivity index (χ2n) is 1.63. The number of hydrogen-bond donors (Lipinski definition) is 1. The van der Waals surface area contributed by atoms with Crippen molar-refractivity contribution < 1.29 is 11.0 Å². The smallest absolute Gasteiger partial charge is 0.116 e. The van der Waals surface area contributed by atoms with E-state index in [2.05, 4.69) is 0 Å². The van der Waals surface area contributed by atoms with Crippen molar-refractivity contribution in [1.29, 1.82) is 0 Å². The molecule has 0 spiro atoms. The van der Waals surface area contributed by atoms with Crippen molar-refractivity contribution in [2.24, 2.45) is 0 Å². The summed E-state index contributed by atoms with van der Waals surface area (Å²) in [4.78, 5) is 0. The highest BCUT2D eigenvalue weighted by Crippen LogP contribution is 1.92. The molecule has 2 radical (unpaired) electrons. The molecule has 0 aliphatic carbocycles. The predicted molar refractivity (Wildman–Crippen MR) is 43.5 cm³/mol. The summed E-state index contributed by atoms with van der Waals surface area (Å²) < 4.78 is 0. The van der Waals surface area contributed by atoms with Gasteiger partial charge in [-0.25, -0.2) is 0 Å². The lowest BCUT2D eigenvalue weighted by Crippen LogP contribution is -2.07. The summed E-state index contributed by atoms with van der Waals surface area (Å²) >= 11 is 0. The van der Waals surface area contributed by atoms with Gasteiger partial charge < -0.3 is 16.7 Å². The number of para-hydroxylation sites is 1. The maximum atomic E-state index is 5.39. The van der Waals surface area contributed by atoms with Crippen LogP contribution in [0.1, 0.15) is 0 Å². The molecule has 0 fully saturated rings. The van der Waals surface area contributed by atoms with Gasteiger partial charge in [0.2, 0.25) is 0 Å². The predicted octanol–water partition coefficient (Wildman–Crippen LogP) is -1.59. The molecule has 0 amide bonds. The van der Waals surface area contributed by atoms with E-state index in [4.69, 9.17) is 13.6 Å². The molecular weight excluding hydrogens is 129 g/mol. The van der Waals surface area contributed by atoms with Gasteiger partial charge in [0.15, 0.2) is 0 Å². The lowest BCUT2D eigenvalue weighted by Gasteiger charge is -1.94. The molecule has 1 rings (SSSR count). The first-order chi connectivity index (χ1) is 3.80. The van der Waals surface area contributed by atoms with E-state index < -0.39 is 0 Å². The maximum absolute atomic E-state index is 5.39. The zero-order valence-electron chi connectivity index (χ0n) is 5.46. The number of benzene rings is 1. The first-order valence-electron chi connectivity index (χ1n) is 2.40. The van der Waals surface area contributed by atoms with Gasteiger partial charge in [-0.3, -0.25) is 0 Å². The van der Waals surface area contributed by atoms with E-state index in [1.807, 2.05) is 12.1 Å². The molecule has 4 heteroatoms. The van der Waals surface area contributed by atoms with Crippen molar-refractivity contribution >= 4 is 19.0 Å². The summed E-state index contributed by atoms with van der Waals surface area (Å²) in [6.07, 6.45) is 0. The van der Waals surface area contributed by atoms with Crippen molar-refractivity contribution in [3.63, 3.8) is 0 Å². The second kappa shape index (κ2) is 4.84. The van der Waals surface area contributed by atoms with E-state index in [1.165, 1.54) is 0 Å². The van der Waals surface area contributed by atoms with Gasteiger partial charge in [0, 0.05) is 5.69 Å². The van der Waals surface area contributed by atoms with Crippen molar-refractivity contribution in [3.05, 3.63) is 24.3 Å². The van der Waals surface area contributed by atoms with Gasteiger partial charge >= 0.3 is 0 Å². The average molecular weight is 139 g/mol. The van der Waals surface area contributed by atoms with Gasteiger partial charge in [-0.05, 0) is 6.07 Å². The fourth-order valence-electron chi connectivity index (χ4n) is 0.511. The molecule has 0 aliphatic heterocycles. The third kappa shape index (κ3) is 2.52. The number of hydrogen-bond acceptors (Lipinski definition) is 1. The summed E-state index contributed by atoms with van der Waals surface area (Å²) in [6.45, 7) is 0. The monoisotopic (exact) mass is 139 g/mol. The minimum absolute atomic E-state index is 0. The molecule has 0 bridgehead atoms.